The van der Waals surface area contributed by atoms with E-state index in [0.29, 0.717) is 12.8 Å². The number of aliphatic hydroxyl groups excluding tert-OH is 3. The van der Waals surface area contributed by atoms with Gasteiger partial charge in [0.15, 0.2) is 0 Å². The molecule has 0 aliphatic carbocycles. The first-order valence-corrected chi connectivity index (χ1v) is 33.5. The average Bonchev–Trinajstić information content (AvgIpc) is 3.38. The standard InChI is InChI=1S/C67H133NO4/c1-3-5-7-9-11-13-15-17-19-21-23-25-27-29-30-31-32-33-34-35-36-37-38-40-42-44-46-48-50-52-54-56-58-60-64(70)62-67(72)68-65(63-69)66(71)61-59-57-55-53-51-49-47-45-43-41-39-28-26-24-22-20-18-16-14-12-10-8-6-4-2/h31-32,64-66,69-71H,3-30,33-63H2,1-2H3,(H,68,72)/b32-31-. The Bertz CT molecular complexity index is 1030. The van der Waals surface area contributed by atoms with Gasteiger partial charge in [-0.25, -0.2) is 0 Å². The van der Waals surface area contributed by atoms with E-state index in [1.807, 2.05) is 0 Å². The molecule has 0 aliphatic rings. The molecule has 0 aromatic rings. The molecule has 0 fully saturated rings. The molecule has 5 heteroatoms. The summed E-state index contributed by atoms with van der Waals surface area (Å²) in [5.41, 5.74) is 0. The maximum atomic E-state index is 12.6. The fourth-order valence-corrected chi connectivity index (χ4v) is 11.0. The van der Waals surface area contributed by atoms with E-state index in [1.54, 1.807) is 0 Å². The molecule has 0 saturated heterocycles. The number of carbonyl (C=O) groups excluding carboxylic acids is 1. The second kappa shape index (κ2) is 62.6. The zero-order valence-corrected chi connectivity index (χ0v) is 49.4. The molecular formula is C67H133NO4. The number of amides is 1. The van der Waals surface area contributed by atoms with Crippen LogP contribution in [0.15, 0.2) is 12.2 Å². The first-order chi connectivity index (χ1) is 35.5. The number of allylic oxidation sites excluding steroid dienone is 2. The van der Waals surface area contributed by atoms with Crippen LogP contribution in [-0.4, -0.2) is 46.1 Å². The Kier molecular flexibility index (Phi) is 61.8. The maximum absolute atomic E-state index is 12.6. The van der Waals surface area contributed by atoms with Gasteiger partial charge in [-0.2, -0.15) is 0 Å². The summed E-state index contributed by atoms with van der Waals surface area (Å²) in [4.78, 5) is 12.6. The van der Waals surface area contributed by atoms with Crippen molar-refractivity contribution in [2.45, 2.75) is 405 Å². The zero-order chi connectivity index (χ0) is 52.2. The fraction of sp³-hybridized carbons (Fsp3) is 0.955. The van der Waals surface area contributed by atoms with Crippen LogP contribution in [-0.2, 0) is 4.79 Å². The molecular weight excluding hydrogens is 883 g/mol. The number of aliphatic hydroxyl groups is 3. The quantitative estimate of drug-likeness (QED) is 0.0361. The molecule has 0 saturated carbocycles. The summed E-state index contributed by atoms with van der Waals surface area (Å²) in [6.45, 7) is 4.32. The van der Waals surface area contributed by atoms with Crippen molar-refractivity contribution in [2.75, 3.05) is 6.61 Å². The van der Waals surface area contributed by atoms with Crippen LogP contribution in [0.5, 0.6) is 0 Å². The van der Waals surface area contributed by atoms with Crippen LogP contribution >= 0.6 is 0 Å². The van der Waals surface area contributed by atoms with Gasteiger partial charge in [0.1, 0.15) is 0 Å². The Morgan fingerprint density at radius 1 is 0.333 bits per heavy atom. The van der Waals surface area contributed by atoms with E-state index in [0.717, 1.165) is 25.7 Å². The van der Waals surface area contributed by atoms with Crippen molar-refractivity contribution in [1.82, 2.24) is 5.32 Å². The van der Waals surface area contributed by atoms with Crippen LogP contribution in [0, 0.1) is 0 Å². The highest BCUT2D eigenvalue weighted by molar-refractivity contribution is 5.76. The molecule has 5 nitrogen and oxygen atoms in total. The van der Waals surface area contributed by atoms with Crippen molar-refractivity contribution in [3.05, 3.63) is 12.2 Å². The van der Waals surface area contributed by atoms with Gasteiger partial charge in [-0.05, 0) is 38.5 Å². The lowest BCUT2D eigenvalue weighted by atomic mass is 10.0. The lowest BCUT2D eigenvalue weighted by molar-refractivity contribution is -0.125. The van der Waals surface area contributed by atoms with E-state index in [2.05, 4.69) is 31.3 Å². The molecule has 3 atom stereocenters. The number of hydrogen-bond acceptors (Lipinski definition) is 4. The Labute approximate surface area is 452 Å². The van der Waals surface area contributed by atoms with Crippen molar-refractivity contribution in [2.24, 2.45) is 0 Å². The molecule has 72 heavy (non-hydrogen) atoms. The topological polar surface area (TPSA) is 89.8 Å². The zero-order valence-electron chi connectivity index (χ0n) is 49.4. The van der Waals surface area contributed by atoms with Crippen LogP contribution in [0.1, 0.15) is 386 Å². The van der Waals surface area contributed by atoms with Gasteiger partial charge in [0.05, 0.1) is 31.3 Å². The van der Waals surface area contributed by atoms with Gasteiger partial charge in [0.25, 0.3) is 0 Å². The average molecular weight is 1020 g/mol. The molecule has 0 rings (SSSR count). The van der Waals surface area contributed by atoms with Gasteiger partial charge >= 0.3 is 0 Å². The molecule has 3 unspecified atom stereocenters. The smallest absolute Gasteiger partial charge is 0.222 e. The van der Waals surface area contributed by atoms with Gasteiger partial charge in [-0.3, -0.25) is 4.79 Å². The predicted octanol–water partition coefficient (Wildman–Crippen LogP) is 21.4. The fourth-order valence-electron chi connectivity index (χ4n) is 11.0. The lowest BCUT2D eigenvalue weighted by Gasteiger charge is -2.23. The number of hydrogen-bond donors (Lipinski definition) is 4. The van der Waals surface area contributed by atoms with E-state index in [9.17, 15) is 20.1 Å². The SMILES string of the molecule is CCCCCCCCCCCCCCCC/C=C\CCCCCCCCCCCCCCCCCC(O)CC(=O)NC(CO)C(O)CCCCCCCCCCCCCCCCCCCCCCCCCC. The lowest BCUT2D eigenvalue weighted by Crippen LogP contribution is -2.46. The van der Waals surface area contributed by atoms with E-state index < -0.39 is 18.2 Å². The highest BCUT2D eigenvalue weighted by Crippen LogP contribution is 2.19. The first kappa shape index (κ1) is 71.1. The molecule has 430 valence electrons. The number of rotatable bonds is 63. The molecule has 0 aliphatic heterocycles. The molecule has 4 N–H and O–H groups in total. The molecule has 0 aromatic heterocycles. The van der Waals surface area contributed by atoms with Crippen molar-refractivity contribution in [1.29, 1.82) is 0 Å². The van der Waals surface area contributed by atoms with Crippen molar-refractivity contribution in [3.8, 4) is 0 Å². The largest absolute Gasteiger partial charge is 0.394 e. The number of unbranched alkanes of at least 4 members (excludes halogenated alkanes) is 52. The Balaban J connectivity index is 3.45. The number of carbonyl (C=O) groups is 1. The summed E-state index contributed by atoms with van der Waals surface area (Å²) in [5.74, 6) is -0.274. The normalized spacial score (nSPS) is 13.1. The van der Waals surface area contributed by atoms with Crippen molar-refractivity contribution < 1.29 is 20.1 Å². The molecule has 0 radical (unpaired) electrons. The summed E-state index contributed by atoms with van der Waals surface area (Å²) >= 11 is 0. The van der Waals surface area contributed by atoms with Crippen molar-refractivity contribution in [3.63, 3.8) is 0 Å². The highest BCUT2D eigenvalue weighted by atomic mass is 16.3. The third-order valence-electron chi connectivity index (χ3n) is 16.1. The second-order valence-corrected chi connectivity index (χ2v) is 23.4. The predicted molar refractivity (Wildman–Crippen MR) is 319 cm³/mol. The molecule has 1 amide bonds. The van der Waals surface area contributed by atoms with Crippen molar-refractivity contribution >= 4 is 5.91 Å². The summed E-state index contributed by atoms with van der Waals surface area (Å²) in [6.07, 6.45) is 79.9. The van der Waals surface area contributed by atoms with Gasteiger partial charge in [0.2, 0.25) is 5.91 Å². The van der Waals surface area contributed by atoms with Crippen LogP contribution in [0.4, 0.5) is 0 Å². The Morgan fingerprint density at radius 3 is 0.806 bits per heavy atom. The van der Waals surface area contributed by atoms with Gasteiger partial charge in [0, 0.05) is 0 Å². The van der Waals surface area contributed by atoms with Gasteiger partial charge < -0.3 is 20.6 Å². The number of nitrogens with one attached hydrogen (secondary N) is 1. The Morgan fingerprint density at radius 2 is 0.556 bits per heavy atom. The summed E-state index contributed by atoms with van der Waals surface area (Å²) in [5, 5.41) is 33.8. The monoisotopic (exact) mass is 1020 g/mol. The van der Waals surface area contributed by atoms with Crippen LogP contribution in [0.3, 0.4) is 0 Å². The molecule has 0 spiro atoms. The van der Waals surface area contributed by atoms with Crippen LogP contribution < -0.4 is 5.32 Å². The van der Waals surface area contributed by atoms with Crippen LogP contribution in [0.25, 0.3) is 0 Å². The summed E-state index contributed by atoms with van der Waals surface area (Å²) < 4.78 is 0. The first-order valence-electron chi connectivity index (χ1n) is 33.5. The van der Waals surface area contributed by atoms with E-state index in [1.165, 1.54) is 327 Å². The third kappa shape index (κ3) is 58.4. The van der Waals surface area contributed by atoms with E-state index in [4.69, 9.17) is 0 Å². The minimum atomic E-state index is -0.748. The van der Waals surface area contributed by atoms with Gasteiger partial charge in [-0.15, -0.1) is 0 Å². The van der Waals surface area contributed by atoms with E-state index >= 15 is 0 Å². The highest BCUT2D eigenvalue weighted by Gasteiger charge is 2.21. The molecule has 0 aromatic carbocycles. The second-order valence-electron chi connectivity index (χ2n) is 23.4. The maximum Gasteiger partial charge on any atom is 0.222 e. The van der Waals surface area contributed by atoms with E-state index in [-0.39, 0.29) is 18.9 Å². The molecule has 0 bridgehead atoms. The minimum Gasteiger partial charge on any atom is -0.394 e. The van der Waals surface area contributed by atoms with Gasteiger partial charge in [-0.1, -0.05) is 353 Å². The summed E-state index contributed by atoms with van der Waals surface area (Å²) in [7, 11) is 0. The minimum absolute atomic E-state index is 0.0416. The van der Waals surface area contributed by atoms with Crippen LogP contribution in [0.2, 0.25) is 0 Å². The summed E-state index contributed by atoms with van der Waals surface area (Å²) in [6, 6.07) is -0.657. The molecule has 0 heterocycles. The Hall–Kier alpha value is -0.910. The third-order valence-corrected chi connectivity index (χ3v) is 16.1.